The van der Waals surface area contributed by atoms with Gasteiger partial charge in [0.2, 0.25) is 28.8 Å². The van der Waals surface area contributed by atoms with Gasteiger partial charge in [-0.05, 0) is 129 Å². The highest BCUT2D eigenvalue weighted by atomic mass is 79.9. The lowest BCUT2D eigenvalue weighted by atomic mass is 10.1. The first kappa shape index (κ1) is 108. The molecule has 0 aliphatic carbocycles. The third-order valence-corrected chi connectivity index (χ3v) is 25.2. The average molecular weight is 2090 g/mol. The van der Waals surface area contributed by atoms with Crippen LogP contribution in [-0.2, 0) is 28.5 Å². The number of hydrogen-bond donors (Lipinski definition) is 2. The van der Waals surface area contributed by atoms with Crippen molar-refractivity contribution < 1.29 is 66.7 Å². The average Bonchev–Trinajstić information content (AvgIpc) is 1.78. The van der Waals surface area contributed by atoms with Crippen LogP contribution in [0.2, 0.25) is 0 Å². The molecule has 6 aromatic carbocycles. The van der Waals surface area contributed by atoms with Crippen LogP contribution in [-0.4, -0.2) is 350 Å². The molecule has 4 fully saturated rings. The van der Waals surface area contributed by atoms with Gasteiger partial charge in [0.05, 0.1) is 93.5 Å². The molecule has 0 saturated carbocycles. The number of fused-ring (bicyclic) bond motifs is 6. The molecule has 6 aliphatic heterocycles. The van der Waals surface area contributed by atoms with E-state index in [4.69, 9.17) is 63.6 Å². The van der Waals surface area contributed by atoms with Crippen LogP contribution < -0.4 is 49.6 Å². The van der Waals surface area contributed by atoms with Crippen molar-refractivity contribution in [1.29, 1.82) is 0 Å². The van der Waals surface area contributed by atoms with Gasteiger partial charge in [0, 0.05) is 255 Å². The zero-order valence-electron chi connectivity index (χ0n) is 84.7. The van der Waals surface area contributed by atoms with E-state index in [2.05, 4.69) is 163 Å². The van der Waals surface area contributed by atoms with Gasteiger partial charge in [0.25, 0.3) is 23.6 Å². The highest BCUT2D eigenvalue weighted by Crippen LogP contribution is 2.36. The fourth-order valence-electron chi connectivity index (χ4n) is 17.1. The van der Waals surface area contributed by atoms with E-state index < -0.39 is 0 Å². The predicted molar refractivity (Wildman–Crippen MR) is 574 cm³/mol. The number of aromatic nitrogens is 12. The van der Waals surface area contributed by atoms with Crippen LogP contribution in [0.4, 0.5) is 22.7 Å². The van der Waals surface area contributed by atoms with E-state index in [1.54, 1.807) is 105 Å². The number of imide groups is 2. The second kappa shape index (κ2) is 52.9. The molecule has 20 rings (SSSR count). The Balaban J connectivity index is 0.000000141. The minimum absolute atomic E-state index is 0.00954. The number of Topliss-reactive ketones (excluding diaryl/α,β-unsaturated/α-hetero) is 1. The number of morpholine rings is 4. The predicted octanol–water partition coefficient (Wildman–Crippen LogP) is 12.7. The van der Waals surface area contributed by atoms with Crippen LogP contribution in [0, 0.1) is 0 Å². The van der Waals surface area contributed by atoms with Crippen LogP contribution in [0.15, 0.2) is 219 Å². The first-order valence-corrected chi connectivity index (χ1v) is 50.6. The van der Waals surface area contributed by atoms with Gasteiger partial charge in [-0.25, -0.2) is 39.9 Å². The number of amides is 4. The van der Waals surface area contributed by atoms with Crippen LogP contribution in [0.5, 0.6) is 23.5 Å². The Morgan fingerprint density at radius 1 is 0.392 bits per heavy atom. The lowest BCUT2D eigenvalue weighted by Gasteiger charge is -2.33. The quantitative estimate of drug-likeness (QED) is 0.0231. The number of alkyl halides is 1. The molecule has 0 bridgehead atoms. The van der Waals surface area contributed by atoms with Gasteiger partial charge >= 0.3 is 0 Å². The maximum Gasteiger partial charge on any atom is 0.261 e. The summed E-state index contributed by atoms with van der Waals surface area (Å²) in [7, 11) is 16.1. The van der Waals surface area contributed by atoms with Crippen LogP contribution in [0.3, 0.4) is 0 Å². The van der Waals surface area contributed by atoms with E-state index in [9.17, 15) is 28.8 Å². The third kappa shape index (κ3) is 29.0. The first-order chi connectivity index (χ1) is 71.8. The molecule has 4 atom stereocenters. The maximum atomic E-state index is 12.7. The summed E-state index contributed by atoms with van der Waals surface area (Å²) in [4.78, 5) is 141. The van der Waals surface area contributed by atoms with E-state index in [0.29, 0.717) is 171 Å². The van der Waals surface area contributed by atoms with Crippen LogP contribution in [0.1, 0.15) is 68.1 Å². The van der Waals surface area contributed by atoms with E-state index in [-0.39, 0.29) is 65.7 Å². The van der Waals surface area contributed by atoms with Crippen molar-refractivity contribution in [3.8, 4) is 68.5 Å². The van der Waals surface area contributed by atoms with Crippen molar-refractivity contribution in [2.45, 2.75) is 51.1 Å². The number of benzene rings is 6. The first-order valence-electron chi connectivity index (χ1n) is 49.1. The Bertz CT molecular complexity index is 6790. The summed E-state index contributed by atoms with van der Waals surface area (Å²) >= 11 is 7.85. The normalized spacial score (nSPS) is 16.6. The largest absolute Gasteiger partial charge is 0.473 e. The smallest absolute Gasteiger partial charge is 0.261 e. The Hall–Kier alpha value is -14.3. The fourth-order valence-corrected chi connectivity index (χ4v) is 17.5. The summed E-state index contributed by atoms with van der Waals surface area (Å²) in [5.74, 6) is 1.23. The summed E-state index contributed by atoms with van der Waals surface area (Å²) < 4.78 is 47.9. The standard InChI is InChI=1S/C30H30N6O4.C25H31N5O3.C22H28N6O2.C20H23N5O2.C10H8BrNO2.C2H3ClO/c1-34(2)21-9-7-20(8-10-21)25-17-26-27(32-12-11-31-26)28(33-25)40-19-22-18-35(15-16-39-22)13-14-36-29(37)23-5-3-4-6-24(23)30(36)38;1-18(31)5-4-12-30-13-14-32-21(16-30)17-33-25-24-23(26-10-11-27-24)15-22(28-25)19-6-8-20(9-7-19)29(2)3;1-27(2)17-5-3-16(4-6-17)19-13-20-21(25-9-8-24-20)22(26-19)30-15-18-14-28(10-7-23)11-12-29-18;1-25(2)15-5-3-14(4-6-15)17-11-18-19(23-8-7-22-18)20(24-17)27-13-16-12-21-9-10-26-16;11-5-6-12-9(13)7-3-1-2-4-8(7)10(12)14;1-2(3)4/h3-12,17,22H,13-16,18-19H2,1-2H3;6-11,15,21H,4-5,12-14,16-17H2,1-3H3;3-6,8-9,13,18H,7,10-12,14-15,23H2,1-2H3;3-8,11,16,21H,9-10,12-13H2,1-2H3;1-4H,5-6H2;1H3/t22-;21-;18-;16-;;/m0000../s1. The highest BCUT2D eigenvalue weighted by Gasteiger charge is 2.37. The van der Waals surface area contributed by atoms with Crippen molar-refractivity contribution >= 4 is 129 Å². The molecule has 0 spiro atoms. The number of rotatable bonds is 31. The highest BCUT2D eigenvalue weighted by molar-refractivity contribution is 9.09. The van der Waals surface area contributed by atoms with E-state index >= 15 is 0 Å². The zero-order chi connectivity index (χ0) is 104. The molecule has 6 aliphatic rings. The summed E-state index contributed by atoms with van der Waals surface area (Å²) in [5.41, 5.74) is 24.8. The zero-order valence-corrected chi connectivity index (χ0v) is 87.1. The summed E-state index contributed by atoms with van der Waals surface area (Å²) in [6.07, 6.45) is 14.5. The Morgan fingerprint density at radius 3 is 0.959 bits per heavy atom. The Labute approximate surface area is 873 Å². The molecule has 3 N–H and O–H groups in total. The van der Waals surface area contributed by atoms with Crippen molar-refractivity contribution in [1.82, 2.24) is 89.6 Å². The van der Waals surface area contributed by atoms with Gasteiger partial charge < -0.3 is 73.3 Å². The number of nitrogens with one attached hydrogen (secondary N) is 1. The molecule has 0 unspecified atom stereocenters. The van der Waals surface area contributed by atoms with Gasteiger partial charge in [-0.3, -0.25) is 68.4 Å². The number of nitrogens with zero attached hydrogens (tertiary/aromatic N) is 21. The lowest BCUT2D eigenvalue weighted by Crippen LogP contribution is -2.48. The number of carbonyl (C=O) groups is 6. The topological polar surface area (TPSA) is 398 Å². The van der Waals surface area contributed by atoms with E-state index in [1.165, 1.54) is 16.7 Å². The summed E-state index contributed by atoms with van der Waals surface area (Å²) in [6.45, 7) is 17.0. The molecule has 14 heterocycles. The fraction of sp³-hybridized carbons (Fsp3) is 0.358. The maximum absolute atomic E-state index is 12.7. The molecule has 14 aromatic rings. The van der Waals surface area contributed by atoms with Crippen LogP contribution in [0.25, 0.3) is 89.2 Å². The number of halogens is 2. The van der Waals surface area contributed by atoms with Crippen molar-refractivity contribution in [2.24, 2.45) is 5.73 Å². The molecule has 8 aromatic heterocycles. The number of anilines is 4. The second-order valence-corrected chi connectivity index (χ2v) is 37.7. The van der Waals surface area contributed by atoms with E-state index in [0.717, 1.165) is 143 Å². The molecular formula is C109H123BrClN23O14. The van der Waals surface area contributed by atoms with Gasteiger partial charge in [-0.15, -0.1) is 0 Å². The second-order valence-electron chi connectivity index (χ2n) is 36.4. The number of pyridine rings is 4. The Morgan fingerprint density at radius 2 is 0.676 bits per heavy atom. The van der Waals surface area contributed by atoms with Gasteiger partial charge in [0.15, 0.2) is 22.1 Å². The van der Waals surface area contributed by atoms with Gasteiger partial charge in [0.1, 0.15) is 56.6 Å². The van der Waals surface area contributed by atoms with Crippen molar-refractivity contribution in [2.75, 3.05) is 226 Å². The molecule has 0 radical (unpaired) electrons. The number of carbonyl (C=O) groups excluding carboxylic acids is 6. The minimum atomic E-state index is -0.361. The number of ketones is 1. The summed E-state index contributed by atoms with van der Waals surface area (Å²) in [5, 5.41) is 3.55. The molecular weight excluding hydrogens is 1970 g/mol. The Kier molecular flexibility index (Phi) is 38.5. The van der Waals surface area contributed by atoms with E-state index in [1.807, 2.05) is 122 Å². The molecule has 772 valence electrons. The molecule has 39 heteroatoms. The molecule has 148 heavy (non-hydrogen) atoms. The minimum Gasteiger partial charge on any atom is -0.473 e. The summed E-state index contributed by atoms with van der Waals surface area (Å²) in [6, 6.07) is 54.5. The SMILES string of the molecule is CC(=O)CCCN1CCO[C@H](COc2nc(-c3ccc(N(C)C)cc3)cc3nccnc23)C1.CC(=O)Cl.CN(C)c1ccc(-c2cc3nccnc3c(OC[C@@H]3CN(CCN)CCO3)n2)cc1.CN(C)c1ccc(-c2cc3nccnc3c(OC[C@@H]3CN(CCN4C(=O)c5ccccc5C4=O)CCO3)n2)cc1.CN(C)c1ccc(-c2cc3nccnc3c(OC[C@@H]3CNCCO3)n2)cc1.O=C1c2ccccc2C(=O)N1CCBr. The molecule has 37 nitrogen and oxygen atoms in total. The number of hydrogen-bond acceptors (Lipinski definition) is 35. The monoisotopic (exact) mass is 2090 g/mol. The third-order valence-electron chi connectivity index (χ3n) is 24.9. The van der Waals surface area contributed by atoms with Gasteiger partial charge in [-0.1, -0.05) is 88.7 Å². The van der Waals surface area contributed by atoms with Gasteiger partial charge in [-0.2, -0.15) is 0 Å². The number of ether oxygens (including phenoxy) is 8. The lowest BCUT2D eigenvalue weighted by molar-refractivity contribution is -0.117. The van der Waals surface area contributed by atoms with Crippen molar-refractivity contribution in [3.05, 3.63) is 242 Å². The van der Waals surface area contributed by atoms with Crippen LogP contribution >= 0.6 is 27.5 Å². The molecule has 4 saturated heterocycles. The van der Waals surface area contributed by atoms with Crippen molar-refractivity contribution in [3.63, 3.8) is 0 Å². The number of nitrogens with two attached hydrogens (primary N) is 1. The molecule has 4 amide bonds.